The summed E-state index contributed by atoms with van der Waals surface area (Å²) >= 11 is 0. The molecule has 4 rings (SSSR count). The second-order valence-electron chi connectivity index (χ2n) is 9.68. The van der Waals surface area contributed by atoms with E-state index in [2.05, 4.69) is 34.6 Å². The quantitative estimate of drug-likeness (QED) is 0.387. The Kier molecular flexibility index (Phi) is 8.83. The molecule has 202 valence electrons. The van der Waals surface area contributed by atoms with Crippen molar-refractivity contribution in [1.82, 2.24) is 15.3 Å². The van der Waals surface area contributed by atoms with Gasteiger partial charge in [-0.1, -0.05) is 36.4 Å². The highest BCUT2D eigenvalue weighted by Crippen LogP contribution is 2.36. The van der Waals surface area contributed by atoms with Gasteiger partial charge in [-0.05, 0) is 61.8 Å². The number of methoxy groups -OCH3 is 1. The summed E-state index contributed by atoms with van der Waals surface area (Å²) in [6.45, 7) is 1.98. The molecule has 8 nitrogen and oxygen atoms in total. The van der Waals surface area contributed by atoms with Gasteiger partial charge < -0.3 is 10.1 Å². The van der Waals surface area contributed by atoms with Gasteiger partial charge in [-0.3, -0.25) is 14.6 Å². The van der Waals surface area contributed by atoms with E-state index in [4.69, 9.17) is 4.74 Å². The summed E-state index contributed by atoms with van der Waals surface area (Å²) < 4.78 is 32.8. The monoisotopic (exact) mass is 526 g/mol. The highest BCUT2D eigenvalue weighted by Gasteiger charge is 2.45. The van der Waals surface area contributed by atoms with Crippen LogP contribution < -0.4 is 5.32 Å². The number of aliphatic imine (C=N–C) groups is 1. The average Bonchev–Trinajstić information content (AvgIpc) is 2.93. The summed E-state index contributed by atoms with van der Waals surface area (Å²) in [6, 6.07) is 11.9. The number of nitrogens with zero attached hydrogens (tertiary/aromatic N) is 3. The van der Waals surface area contributed by atoms with Crippen molar-refractivity contribution in [3.63, 3.8) is 0 Å². The maximum Gasteiger partial charge on any atom is 0.362 e. The van der Waals surface area contributed by atoms with Gasteiger partial charge in [-0.25, -0.2) is 23.6 Å². The number of carbonyl (C=O) groups excluding carboxylic acids is 3. The number of ether oxygens (including phenoxy) is 1. The van der Waals surface area contributed by atoms with E-state index >= 15 is 0 Å². The Hall–Kier alpha value is -3.66. The molecule has 1 N–H and O–H groups in total. The van der Waals surface area contributed by atoms with Crippen LogP contribution in [0.1, 0.15) is 55.7 Å². The summed E-state index contributed by atoms with van der Waals surface area (Å²) in [5, 5.41) is 5.62. The minimum Gasteiger partial charge on any atom is -0.468 e. The highest BCUT2D eigenvalue weighted by atomic mass is 19.2. The number of benzene rings is 2. The lowest BCUT2D eigenvalue weighted by Crippen LogP contribution is -2.55. The predicted molar refractivity (Wildman–Crippen MR) is 137 cm³/mol. The fourth-order valence-electron chi connectivity index (χ4n) is 5.44. The normalized spacial score (nSPS) is 23.5. The molecule has 0 radical (unpaired) electrons. The first-order valence-electron chi connectivity index (χ1n) is 12.7. The lowest BCUT2D eigenvalue weighted by Gasteiger charge is -2.42. The van der Waals surface area contributed by atoms with E-state index in [1.54, 1.807) is 0 Å². The number of rotatable bonds is 9. The largest absolute Gasteiger partial charge is 0.468 e. The van der Waals surface area contributed by atoms with E-state index in [9.17, 15) is 23.2 Å². The molecule has 2 unspecified atom stereocenters. The van der Waals surface area contributed by atoms with Crippen molar-refractivity contribution in [2.24, 2.45) is 10.9 Å². The van der Waals surface area contributed by atoms with E-state index in [0.717, 1.165) is 47.8 Å². The summed E-state index contributed by atoms with van der Waals surface area (Å²) in [5.41, 5.74) is 1.65. The van der Waals surface area contributed by atoms with Gasteiger partial charge in [-0.2, -0.15) is 0 Å². The van der Waals surface area contributed by atoms with Crippen molar-refractivity contribution >= 4 is 24.1 Å². The number of halogens is 2. The summed E-state index contributed by atoms with van der Waals surface area (Å²) in [7, 11) is 1.19. The lowest BCUT2D eigenvalue weighted by atomic mass is 9.82. The molecule has 38 heavy (non-hydrogen) atoms. The van der Waals surface area contributed by atoms with E-state index < -0.39 is 35.6 Å². The molecule has 2 atom stereocenters. The van der Waals surface area contributed by atoms with Crippen LogP contribution in [0.4, 0.5) is 13.6 Å². The van der Waals surface area contributed by atoms with Crippen LogP contribution in [-0.4, -0.2) is 60.4 Å². The molecule has 1 heterocycles. The fraction of sp³-hybridized carbons (Fsp3) is 0.429. The maximum absolute atomic E-state index is 14.2. The summed E-state index contributed by atoms with van der Waals surface area (Å²) in [6.07, 6.45) is 4.54. The Labute approximate surface area is 220 Å². The number of amides is 3. The minimum atomic E-state index is -1.14. The van der Waals surface area contributed by atoms with Gasteiger partial charge in [0.2, 0.25) is 6.41 Å². The zero-order valence-corrected chi connectivity index (χ0v) is 21.5. The molecule has 10 heteroatoms. The third kappa shape index (κ3) is 5.91. The van der Waals surface area contributed by atoms with Crippen LogP contribution in [0.15, 0.2) is 53.5 Å². The molecule has 2 aromatic carbocycles. The number of urea groups is 1. The molecule has 0 bridgehead atoms. The topological polar surface area (TPSA) is 91.3 Å². The number of carbonyl (C=O) groups is 3. The zero-order chi connectivity index (χ0) is 27.2. The number of hydrazine groups is 1. The smallest absolute Gasteiger partial charge is 0.362 e. The standard InChI is InChI=1S/C28H32F2N4O4/c1-18-25(27(36)38-2)26(21-10-13-23(29)24(30)16-21)34(28(37)32-18)33(17-35)15-14-31-22-11-8-20(9-12-22)19-6-4-3-5-7-19/h3-7,10,13,16-17,20,22,25-26,31H,8-9,11-12,14-15H2,1-2H3. The van der Waals surface area contributed by atoms with Crippen molar-refractivity contribution in [2.75, 3.05) is 20.2 Å². The summed E-state index contributed by atoms with van der Waals surface area (Å²) in [4.78, 5) is 41.8. The molecule has 2 aliphatic rings. The molecule has 1 aliphatic heterocycles. The van der Waals surface area contributed by atoms with Crippen LogP contribution in [0.25, 0.3) is 0 Å². The highest BCUT2D eigenvalue weighted by molar-refractivity contribution is 6.08. The first-order chi connectivity index (χ1) is 18.3. The molecular weight excluding hydrogens is 494 g/mol. The molecule has 0 spiro atoms. The van der Waals surface area contributed by atoms with Crippen LogP contribution in [0.2, 0.25) is 0 Å². The molecule has 1 saturated carbocycles. The third-order valence-electron chi connectivity index (χ3n) is 7.41. The van der Waals surface area contributed by atoms with Gasteiger partial charge in [-0.15, -0.1) is 0 Å². The molecular formula is C28H32F2N4O4. The fourth-order valence-corrected chi connectivity index (χ4v) is 5.44. The van der Waals surface area contributed by atoms with Crippen LogP contribution in [0.3, 0.4) is 0 Å². The van der Waals surface area contributed by atoms with Crippen LogP contribution in [0.5, 0.6) is 0 Å². The van der Waals surface area contributed by atoms with E-state index in [-0.39, 0.29) is 23.9 Å². The second kappa shape index (κ2) is 12.3. The third-order valence-corrected chi connectivity index (χ3v) is 7.41. The van der Waals surface area contributed by atoms with E-state index in [1.807, 2.05) is 6.07 Å². The van der Waals surface area contributed by atoms with Gasteiger partial charge in [0, 0.05) is 18.3 Å². The van der Waals surface area contributed by atoms with Crippen LogP contribution in [0, 0.1) is 17.6 Å². The number of hydrogen-bond acceptors (Lipinski definition) is 5. The van der Waals surface area contributed by atoms with Crippen LogP contribution >= 0.6 is 0 Å². The van der Waals surface area contributed by atoms with Gasteiger partial charge in [0.15, 0.2) is 11.6 Å². The SMILES string of the molecule is COC(=O)C1C(C)=NC(=O)N(N(C=O)CCNC2CCC(c3ccccc3)CC2)C1c1ccc(F)c(F)c1. The molecule has 0 saturated heterocycles. The Morgan fingerprint density at radius 2 is 1.82 bits per heavy atom. The van der Waals surface area contributed by atoms with Gasteiger partial charge in [0.1, 0.15) is 5.92 Å². The number of nitrogens with one attached hydrogen (secondary N) is 1. The molecule has 0 aromatic heterocycles. The molecule has 3 amide bonds. The van der Waals surface area contributed by atoms with Gasteiger partial charge in [0.05, 0.1) is 19.7 Å². The maximum atomic E-state index is 14.2. The molecule has 1 aliphatic carbocycles. The Balaban J connectivity index is 1.47. The second-order valence-corrected chi connectivity index (χ2v) is 9.68. The van der Waals surface area contributed by atoms with Crippen LogP contribution in [-0.2, 0) is 14.3 Å². The first-order valence-corrected chi connectivity index (χ1v) is 12.7. The minimum absolute atomic E-state index is 0.108. The van der Waals surface area contributed by atoms with Crippen molar-refractivity contribution in [1.29, 1.82) is 0 Å². The van der Waals surface area contributed by atoms with Crippen molar-refractivity contribution < 1.29 is 27.9 Å². The van der Waals surface area contributed by atoms with Crippen molar-refractivity contribution in [3.8, 4) is 0 Å². The Bertz CT molecular complexity index is 1180. The van der Waals surface area contributed by atoms with E-state index in [0.29, 0.717) is 18.9 Å². The van der Waals surface area contributed by atoms with Gasteiger partial charge >= 0.3 is 12.0 Å². The first kappa shape index (κ1) is 27.4. The predicted octanol–water partition coefficient (Wildman–Crippen LogP) is 4.38. The number of esters is 1. The number of hydrogen-bond donors (Lipinski definition) is 1. The molecule has 2 aromatic rings. The molecule has 1 fully saturated rings. The summed E-state index contributed by atoms with van der Waals surface area (Å²) in [5.74, 6) is -3.49. The Morgan fingerprint density at radius 1 is 1.11 bits per heavy atom. The van der Waals surface area contributed by atoms with Crippen molar-refractivity contribution in [3.05, 3.63) is 71.3 Å². The zero-order valence-electron chi connectivity index (χ0n) is 21.5. The lowest BCUT2D eigenvalue weighted by molar-refractivity contribution is -0.150. The van der Waals surface area contributed by atoms with Gasteiger partial charge in [0.25, 0.3) is 0 Å². The van der Waals surface area contributed by atoms with Crippen molar-refractivity contribution in [2.45, 2.75) is 50.6 Å². The average molecular weight is 527 g/mol. The Morgan fingerprint density at radius 3 is 2.45 bits per heavy atom. The van der Waals surface area contributed by atoms with E-state index in [1.165, 1.54) is 25.7 Å².